The molecule has 0 heterocycles. The van der Waals surface area contributed by atoms with Gasteiger partial charge in [-0.25, -0.2) is 9.59 Å². The van der Waals surface area contributed by atoms with Crippen LogP contribution < -0.4 is 9.47 Å². The second kappa shape index (κ2) is 9.35. The second-order valence-corrected chi connectivity index (χ2v) is 8.33. The summed E-state index contributed by atoms with van der Waals surface area (Å²) in [5, 5.41) is 12.8. The number of fused-ring (bicyclic) bond motifs is 2. The Bertz CT molecular complexity index is 1650. The van der Waals surface area contributed by atoms with Gasteiger partial charge in [0.1, 0.15) is 17.2 Å². The normalized spacial score (nSPS) is 10.8. The SMILES string of the molecule is CC(=O)c1ccc(OC(=O)c2ccc3cc(OC(=O)c4ccc5cc(O)ccc5c4)ccc3c2)cc1. The van der Waals surface area contributed by atoms with E-state index in [1.807, 2.05) is 0 Å². The first kappa shape index (κ1) is 22.8. The molecule has 6 heteroatoms. The molecule has 0 unspecified atom stereocenters. The number of benzene rings is 5. The molecule has 1 N–H and O–H groups in total. The summed E-state index contributed by atoms with van der Waals surface area (Å²) in [5.74, 6) is -0.204. The summed E-state index contributed by atoms with van der Waals surface area (Å²) in [4.78, 5) is 36.7. The van der Waals surface area contributed by atoms with Gasteiger partial charge in [-0.3, -0.25) is 4.79 Å². The number of Topliss-reactive ketones (excluding diaryl/α,β-unsaturated/α-hetero) is 1. The van der Waals surface area contributed by atoms with Crippen molar-refractivity contribution >= 4 is 39.3 Å². The summed E-state index contributed by atoms with van der Waals surface area (Å²) in [6.07, 6.45) is 0. The van der Waals surface area contributed by atoms with Crippen molar-refractivity contribution in [2.45, 2.75) is 6.92 Å². The van der Waals surface area contributed by atoms with Crippen molar-refractivity contribution in [1.29, 1.82) is 0 Å². The molecule has 5 aromatic carbocycles. The van der Waals surface area contributed by atoms with Gasteiger partial charge in [-0.05, 0) is 101 Å². The highest BCUT2D eigenvalue weighted by molar-refractivity contribution is 5.99. The molecule has 6 nitrogen and oxygen atoms in total. The summed E-state index contributed by atoms with van der Waals surface area (Å²) >= 11 is 0. The number of rotatable bonds is 5. The summed E-state index contributed by atoms with van der Waals surface area (Å²) in [6, 6.07) is 26.7. The van der Waals surface area contributed by atoms with E-state index < -0.39 is 11.9 Å². The molecule has 0 aliphatic heterocycles. The van der Waals surface area contributed by atoms with Gasteiger partial charge in [0.25, 0.3) is 0 Å². The number of hydrogen-bond acceptors (Lipinski definition) is 6. The number of ether oxygens (including phenoxy) is 2. The maximum absolute atomic E-state index is 12.7. The molecular formula is C30H20O6. The summed E-state index contributed by atoms with van der Waals surface area (Å²) in [6.45, 7) is 1.47. The van der Waals surface area contributed by atoms with Gasteiger partial charge in [0.05, 0.1) is 11.1 Å². The first-order chi connectivity index (χ1) is 17.4. The average molecular weight is 476 g/mol. The molecule has 0 radical (unpaired) electrons. The van der Waals surface area contributed by atoms with Crippen LogP contribution in [0.2, 0.25) is 0 Å². The fourth-order valence-electron chi connectivity index (χ4n) is 3.86. The molecule has 0 amide bonds. The molecule has 0 saturated carbocycles. The third-order valence-electron chi connectivity index (χ3n) is 5.79. The fraction of sp³-hybridized carbons (Fsp3) is 0.0333. The first-order valence-corrected chi connectivity index (χ1v) is 11.2. The van der Waals surface area contributed by atoms with E-state index in [9.17, 15) is 19.5 Å². The van der Waals surface area contributed by atoms with E-state index in [2.05, 4.69) is 0 Å². The van der Waals surface area contributed by atoms with E-state index in [0.717, 1.165) is 21.5 Å². The molecule has 0 saturated heterocycles. The number of phenolic OH excluding ortho intramolecular Hbond substituents is 1. The Morgan fingerprint density at radius 2 is 0.972 bits per heavy atom. The molecule has 0 fully saturated rings. The standard InChI is InChI=1S/C30H20O6/c1-18(31)19-7-11-27(12-8-19)35-29(33)24-5-3-23-17-28(13-9-21(23)15-24)36-30(34)25-4-2-22-16-26(32)10-6-20(22)14-25/h2-17,32H,1H3. The zero-order chi connectivity index (χ0) is 25.2. The van der Waals surface area contributed by atoms with Gasteiger partial charge in [0.15, 0.2) is 5.78 Å². The lowest BCUT2D eigenvalue weighted by molar-refractivity contribution is 0.0726. The monoisotopic (exact) mass is 476 g/mol. The van der Waals surface area contributed by atoms with Gasteiger partial charge in [-0.2, -0.15) is 0 Å². The van der Waals surface area contributed by atoms with Crippen molar-refractivity contribution in [2.24, 2.45) is 0 Å². The van der Waals surface area contributed by atoms with Crippen molar-refractivity contribution in [3.05, 3.63) is 114 Å². The van der Waals surface area contributed by atoms with Crippen molar-refractivity contribution in [2.75, 3.05) is 0 Å². The predicted octanol–water partition coefficient (Wildman–Crippen LogP) is 6.34. The Morgan fingerprint density at radius 3 is 1.58 bits per heavy atom. The van der Waals surface area contributed by atoms with Crippen LogP contribution in [0.25, 0.3) is 21.5 Å². The van der Waals surface area contributed by atoms with Crippen LogP contribution in [0, 0.1) is 0 Å². The van der Waals surface area contributed by atoms with Crippen LogP contribution in [0.1, 0.15) is 38.0 Å². The lowest BCUT2D eigenvalue weighted by Crippen LogP contribution is -2.09. The zero-order valence-corrected chi connectivity index (χ0v) is 19.2. The van der Waals surface area contributed by atoms with Crippen LogP contribution >= 0.6 is 0 Å². The summed E-state index contributed by atoms with van der Waals surface area (Å²) in [7, 11) is 0. The summed E-state index contributed by atoms with van der Waals surface area (Å²) in [5.41, 5.74) is 1.30. The Kier molecular flexibility index (Phi) is 5.92. The van der Waals surface area contributed by atoms with Crippen molar-refractivity contribution in [1.82, 2.24) is 0 Å². The number of esters is 2. The minimum Gasteiger partial charge on any atom is -0.508 e. The minimum atomic E-state index is -0.521. The van der Waals surface area contributed by atoms with E-state index >= 15 is 0 Å². The second-order valence-electron chi connectivity index (χ2n) is 8.33. The molecule has 0 atom stereocenters. The van der Waals surface area contributed by atoms with E-state index in [4.69, 9.17) is 9.47 Å². The topological polar surface area (TPSA) is 89.9 Å². The van der Waals surface area contributed by atoms with Gasteiger partial charge >= 0.3 is 11.9 Å². The van der Waals surface area contributed by atoms with Crippen molar-refractivity contribution < 1.29 is 29.0 Å². The van der Waals surface area contributed by atoms with E-state index in [1.165, 1.54) is 6.92 Å². The smallest absolute Gasteiger partial charge is 0.343 e. The Labute approximate surface area is 206 Å². The Morgan fingerprint density at radius 1 is 0.528 bits per heavy atom. The third kappa shape index (κ3) is 4.79. The van der Waals surface area contributed by atoms with E-state index in [1.54, 1.807) is 97.1 Å². The highest BCUT2D eigenvalue weighted by Gasteiger charge is 2.13. The Balaban J connectivity index is 1.30. The Hall–Kier alpha value is -4.97. The van der Waals surface area contributed by atoms with Gasteiger partial charge in [0, 0.05) is 5.56 Å². The van der Waals surface area contributed by atoms with Crippen LogP contribution in [-0.2, 0) is 0 Å². The van der Waals surface area contributed by atoms with Gasteiger partial charge < -0.3 is 14.6 Å². The maximum atomic E-state index is 12.7. The zero-order valence-electron chi connectivity index (χ0n) is 19.2. The molecular weight excluding hydrogens is 456 g/mol. The lowest BCUT2D eigenvalue weighted by Gasteiger charge is -2.08. The highest BCUT2D eigenvalue weighted by Crippen LogP contribution is 2.25. The molecule has 0 aromatic heterocycles. The van der Waals surface area contributed by atoms with Crippen LogP contribution in [0.3, 0.4) is 0 Å². The average Bonchev–Trinajstić information content (AvgIpc) is 2.88. The fourth-order valence-corrected chi connectivity index (χ4v) is 3.86. The van der Waals surface area contributed by atoms with Gasteiger partial charge in [0.2, 0.25) is 0 Å². The summed E-state index contributed by atoms with van der Waals surface area (Å²) < 4.78 is 11.0. The quantitative estimate of drug-likeness (QED) is 0.181. The highest BCUT2D eigenvalue weighted by atomic mass is 16.5. The number of ketones is 1. The molecule has 0 bridgehead atoms. The third-order valence-corrected chi connectivity index (χ3v) is 5.79. The predicted molar refractivity (Wildman–Crippen MR) is 136 cm³/mol. The van der Waals surface area contributed by atoms with E-state index in [-0.39, 0.29) is 11.5 Å². The molecule has 36 heavy (non-hydrogen) atoms. The number of aromatic hydroxyl groups is 1. The van der Waals surface area contributed by atoms with Gasteiger partial charge in [-0.1, -0.05) is 24.3 Å². The van der Waals surface area contributed by atoms with Crippen LogP contribution in [-0.4, -0.2) is 22.8 Å². The molecule has 5 aromatic rings. The van der Waals surface area contributed by atoms with Crippen molar-refractivity contribution in [3.63, 3.8) is 0 Å². The van der Waals surface area contributed by atoms with Crippen LogP contribution in [0.5, 0.6) is 17.2 Å². The van der Waals surface area contributed by atoms with E-state index in [0.29, 0.717) is 28.2 Å². The maximum Gasteiger partial charge on any atom is 0.343 e. The molecule has 176 valence electrons. The number of carbonyl (C=O) groups excluding carboxylic acids is 3. The van der Waals surface area contributed by atoms with Crippen molar-refractivity contribution in [3.8, 4) is 17.2 Å². The van der Waals surface area contributed by atoms with Crippen LogP contribution in [0.15, 0.2) is 97.1 Å². The lowest BCUT2D eigenvalue weighted by atomic mass is 10.1. The van der Waals surface area contributed by atoms with Crippen LogP contribution in [0.4, 0.5) is 0 Å². The number of hydrogen-bond donors (Lipinski definition) is 1. The first-order valence-electron chi connectivity index (χ1n) is 11.2. The number of phenols is 1. The molecule has 5 rings (SSSR count). The number of carbonyl (C=O) groups is 3. The van der Waals surface area contributed by atoms with Gasteiger partial charge in [-0.15, -0.1) is 0 Å². The molecule has 0 aliphatic carbocycles. The minimum absolute atomic E-state index is 0.0640. The molecule has 0 spiro atoms. The molecule has 0 aliphatic rings. The largest absolute Gasteiger partial charge is 0.508 e.